The molecular formula is C14H14FN3O4S. The lowest BCUT2D eigenvalue weighted by Gasteiger charge is -2.11. The topological polar surface area (TPSA) is 91.8 Å². The zero-order chi connectivity index (χ0) is 17.0. The number of carboxylic acids is 1. The van der Waals surface area contributed by atoms with Gasteiger partial charge in [-0.05, 0) is 29.2 Å². The monoisotopic (exact) mass is 339 g/mol. The summed E-state index contributed by atoms with van der Waals surface area (Å²) in [5.74, 6) is -1.82. The Hall–Kier alpha value is -2.68. The van der Waals surface area contributed by atoms with Crippen molar-refractivity contribution in [2.45, 2.75) is 6.61 Å². The maximum absolute atomic E-state index is 13.1. The molecule has 0 aliphatic rings. The lowest BCUT2D eigenvalue weighted by molar-refractivity contribution is 0.0693. The van der Waals surface area contributed by atoms with E-state index in [4.69, 9.17) is 4.74 Å². The molecule has 0 aliphatic heterocycles. The summed E-state index contributed by atoms with van der Waals surface area (Å²) in [6.07, 6.45) is 0. The molecular weight excluding hydrogens is 325 g/mol. The Morgan fingerprint density at radius 1 is 1.43 bits per heavy atom. The molecule has 1 aromatic carbocycles. The van der Waals surface area contributed by atoms with Gasteiger partial charge in [0, 0.05) is 14.1 Å². The Labute approximate surface area is 135 Å². The number of halogens is 1. The number of nitrogens with zero attached hydrogens (tertiary/aromatic N) is 2. The van der Waals surface area contributed by atoms with Crippen molar-refractivity contribution in [3.8, 4) is 5.88 Å². The van der Waals surface area contributed by atoms with E-state index >= 15 is 0 Å². The molecule has 23 heavy (non-hydrogen) atoms. The zero-order valence-electron chi connectivity index (χ0n) is 12.4. The van der Waals surface area contributed by atoms with Crippen molar-refractivity contribution in [3.05, 3.63) is 41.2 Å². The normalized spacial score (nSPS) is 10.2. The number of rotatable bonds is 5. The highest BCUT2D eigenvalue weighted by Crippen LogP contribution is 2.31. The molecule has 0 bridgehead atoms. The van der Waals surface area contributed by atoms with E-state index in [0.717, 1.165) is 11.5 Å². The average Bonchev–Trinajstić information content (AvgIpc) is 2.88. The van der Waals surface area contributed by atoms with Crippen LogP contribution in [0.1, 0.15) is 15.9 Å². The molecule has 9 heteroatoms. The molecule has 2 rings (SSSR count). The summed E-state index contributed by atoms with van der Waals surface area (Å²) in [6.45, 7) is -0.0388. The fourth-order valence-electron chi connectivity index (χ4n) is 1.64. The average molecular weight is 339 g/mol. The van der Waals surface area contributed by atoms with Crippen molar-refractivity contribution in [2.75, 3.05) is 19.4 Å². The first-order valence-corrected chi connectivity index (χ1v) is 7.24. The standard InChI is InChI=1S/C14H14FN3O4S/c1-18(2)14(21)16-12-10(13(19)20)11(17-23-12)22-7-8-4-3-5-9(15)6-8/h3-6H,7H2,1-2H3,(H,16,21)(H,19,20). The molecule has 0 aliphatic carbocycles. The largest absolute Gasteiger partial charge is 0.477 e. The number of benzene rings is 1. The molecule has 0 unspecified atom stereocenters. The van der Waals surface area contributed by atoms with Crippen LogP contribution in [0.25, 0.3) is 0 Å². The number of aromatic nitrogens is 1. The van der Waals surface area contributed by atoms with Gasteiger partial charge >= 0.3 is 12.0 Å². The molecule has 2 aromatic rings. The van der Waals surface area contributed by atoms with Crippen LogP contribution in [0.15, 0.2) is 24.3 Å². The Kier molecular flexibility index (Phi) is 5.12. The molecule has 0 saturated carbocycles. The van der Waals surface area contributed by atoms with Crippen LogP contribution in [0.3, 0.4) is 0 Å². The van der Waals surface area contributed by atoms with Crippen LogP contribution >= 0.6 is 11.5 Å². The predicted octanol–water partition coefficient (Wildman–Crippen LogP) is 2.65. The Balaban J connectivity index is 2.17. The molecule has 122 valence electrons. The number of carboxylic acid groups (broad SMARTS) is 1. The van der Waals surface area contributed by atoms with E-state index in [-0.39, 0.29) is 23.1 Å². The van der Waals surface area contributed by atoms with Gasteiger partial charge in [-0.3, -0.25) is 5.32 Å². The molecule has 0 saturated heterocycles. The summed E-state index contributed by atoms with van der Waals surface area (Å²) in [7, 11) is 3.05. The second-order valence-electron chi connectivity index (χ2n) is 4.74. The van der Waals surface area contributed by atoms with Crippen molar-refractivity contribution >= 4 is 28.5 Å². The molecule has 2 amide bonds. The minimum absolute atomic E-state index is 0.0388. The van der Waals surface area contributed by atoms with Gasteiger partial charge in [-0.25, -0.2) is 14.0 Å². The molecule has 7 nitrogen and oxygen atoms in total. The number of aromatic carboxylic acids is 1. The van der Waals surface area contributed by atoms with Crippen LogP contribution in [0.5, 0.6) is 5.88 Å². The predicted molar refractivity (Wildman–Crippen MR) is 82.5 cm³/mol. The quantitative estimate of drug-likeness (QED) is 0.874. The van der Waals surface area contributed by atoms with Gasteiger partial charge in [0.15, 0.2) is 5.56 Å². The van der Waals surface area contributed by atoms with Crippen molar-refractivity contribution in [3.63, 3.8) is 0 Å². The summed E-state index contributed by atoms with van der Waals surface area (Å²) in [5.41, 5.74) is 0.301. The summed E-state index contributed by atoms with van der Waals surface area (Å²) >= 11 is 0.800. The lowest BCUT2D eigenvalue weighted by atomic mass is 10.2. The number of carbonyl (C=O) groups excluding carboxylic acids is 1. The maximum atomic E-state index is 13.1. The van der Waals surface area contributed by atoms with Gasteiger partial charge < -0.3 is 14.7 Å². The first kappa shape index (κ1) is 16.7. The number of hydrogen-bond acceptors (Lipinski definition) is 5. The number of nitrogens with one attached hydrogen (secondary N) is 1. The minimum Gasteiger partial charge on any atom is -0.477 e. The third-order valence-corrected chi connectivity index (χ3v) is 3.51. The van der Waals surface area contributed by atoms with E-state index in [9.17, 15) is 19.1 Å². The second-order valence-corrected chi connectivity index (χ2v) is 5.51. The highest BCUT2D eigenvalue weighted by atomic mass is 32.1. The smallest absolute Gasteiger partial charge is 0.344 e. The lowest BCUT2D eigenvalue weighted by Crippen LogP contribution is -2.27. The van der Waals surface area contributed by atoms with Gasteiger partial charge in [-0.15, -0.1) is 0 Å². The first-order valence-electron chi connectivity index (χ1n) is 6.47. The van der Waals surface area contributed by atoms with Crippen LogP contribution in [0.4, 0.5) is 14.2 Å². The van der Waals surface area contributed by atoms with Gasteiger partial charge in [0.2, 0.25) is 5.88 Å². The minimum atomic E-state index is -1.28. The van der Waals surface area contributed by atoms with Gasteiger partial charge in [-0.2, -0.15) is 4.37 Å². The molecule has 0 radical (unpaired) electrons. The van der Waals surface area contributed by atoms with Crippen LogP contribution in [0, 0.1) is 5.82 Å². The maximum Gasteiger partial charge on any atom is 0.344 e. The second kappa shape index (κ2) is 7.05. The SMILES string of the molecule is CN(C)C(=O)Nc1snc(OCc2cccc(F)c2)c1C(=O)O. The van der Waals surface area contributed by atoms with Gasteiger partial charge in [0.05, 0.1) is 0 Å². The number of carbonyl (C=O) groups is 2. The third-order valence-electron chi connectivity index (χ3n) is 2.77. The Bertz CT molecular complexity index is 733. The number of urea groups is 1. The third kappa shape index (κ3) is 4.16. The first-order chi connectivity index (χ1) is 10.9. The highest BCUT2D eigenvalue weighted by molar-refractivity contribution is 7.11. The number of anilines is 1. The van der Waals surface area contributed by atoms with E-state index in [2.05, 4.69) is 9.69 Å². The highest BCUT2D eigenvalue weighted by Gasteiger charge is 2.23. The van der Waals surface area contributed by atoms with Gasteiger partial charge in [0.1, 0.15) is 17.4 Å². The fourth-order valence-corrected chi connectivity index (χ4v) is 2.35. The van der Waals surface area contributed by atoms with E-state index in [1.165, 1.54) is 37.2 Å². The van der Waals surface area contributed by atoms with Crippen LogP contribution in [-0.2, 0) is 6.61 Å². The fraction of sp³-hybridized carbons (Fsp3) is 0.214. The van der Waals surface area contributed by atoms with Gasteiger partial charge in [0.25, 0.3) is 0 Å². The van der Waals surface area contributed by atoms with Crippen molar-refractivity contribution in [1.82, 2.24) is 9.27 Å². The van der Waals surface area contributed by atoms with Crippen molar-refractivity contribution < 1.29 is 23.8 Å². The number of ether oxygens (including phenoxy) is 1. The molecule has 0 fully saturated rings. The number of hydrogen-bond donors (Lipinski definition) is 2. The number of amides is 2. The van der Waals surface area contributed by atoms with Crippen LogP contribution in [0.2, 0.25) is 0 Å². The van der Waals surface area contributed by atoms with Crippen LogP contribution < -0.4 is 10.1 Å². The molecule has 1 heterocycles. The zero-order valence-corrected chi connectivity index (χ0v) is 13.2. The van der Waals surface area contributed by atoms with E-state index in [1.54, 1.807) is 6.07 Å². The van der Waals surface area contributed by atoms with Crippen LogP contribution in [-0.4, -0.2) is 40.5 Å². The summed E-state index contributed by atoms with van der Waals surface area (Å²) in [4.78, 5) is 24.3. The van der Waals surface area contributed by atoms with E-state index < -0.39 is 17.8 Å². The molecule has 2 N–H and O–H groups in total. The summed E-state index contributed by atoms with van der Waals surface area (Å²) in [5, 5.41) is 11.8. The molecule has 0 atom stereocenters. The Morgan fingerprint density at radius 2 is 2.17 bits per heavy atom. The molecule has 1 aromatic heterocycles. The van der Waals surface area contributed by atoms with E-state index in [1.807, 2.05) is 0 Å². The van der Waals surface area contributed by atoms with Gasteiger partial charge in [-0.1, -0.05) is 12.1 Å². The van der Waals surface area contributed by atoms with Crippen molar-refractivity contribution in [2.24, 2.45) is 0 Å². The molecule has 0 spiro atoms. The summed E-state index contributed by atoms with van der Waals surface area (Å²) < 4.78 is 22.4. The van der Waals surface area contributed by atoms with Crippen molar-refractivity contribution in [1.29, 1.82) is 0 Å². The van der Waals surface area contributed by atoms with E-state index in [0.29, 0.717) is 5.56 Å². The Morgan fingerprint density at radius 3 is 2.78 bits per heavy atom. The summed E-state index contributed by atoms with van der Waals surface area (Å²) in [6, 6.07) is 5.26.